The van der Waals surface area contributed by atoms with Crippen molar-refractivity contribution in [1.82, 2.24) is 14.3 Å². The molecule has 0 atom stereocenters. The second-order valence-electron chi connectivity index (χ2n) is 6.48. The Kier molecular flexibility index (Phi) is 3.89. The monoisotopic (exact) mass is 335 g/mol. The molecule has 1 aromatic carbocycles. The fourth-order valence-electron chi connectivity index (χ4n) is 3.25. The number of pyridine rings is 1. The van der Waals surface area contributed by atoms with Gasteiger partial charge in [0.2, 0.25) is 0 Å². The van der Waals surface area contributed by atoms with Crippen LogP contribution in [0.5, 0.6) is 0 Å². The zero-order chi connectivity index (χ0) is 17.4. The Hall–Kier alpha value is -2.86. The number of hydrogen-bond donors (Lipinski definition) is 1. The van der Waals surface area contributed by atoms with E-state index in [1.165, 1.54) is 5.69 Å². The van der Waals surface area contributed by atoms with Crippen LogP contribution < -0.4 is 10.6 Å². The number of benzene rings is 1. The summed E-state index contributed by atoms with van der Waals surface area (Å²) in [6.07, 6.45) is 3.80. The molecule has 128 valence electrons. The molecule has 3 heterocycles. The van der Waals surface area contributed by atoms with Crippen molar-refractivity contribution >= 4 is 17.2 Å². The molecule has 1 saturated heterocycles. The van der Waals surface area contributed by atoms with E-state index in [1.54, 1.807) is 12.1 Å². The lowest BCUT2D eigenvalue weighted by Gasteiger charge is -2.34. The van der Waals surface area contributed by atoms with Crippen molar-refractivity contribution in [1.29, 1.82) is 0 Å². The minimum absolute atomic E-state index is 0.433. The van der Waals surface area contributed by atoms with Gasteiger partial charge in [0.25, 0.3) is 5.91 Å². The maximum Gasteiger partial charge on any atom is 0.252 e. The molecule has 0 radical (unpaired) electrons. The molecule has 4 rings (SSSR count). The van der Waals surface area contributed by atoms with E-state index in [1.807, 2.05) is 16.8 Å². The molecular formula is C19H21N5O. The summed E-state index contributed by atoms with van der Waals surface area (Å²) in [5, 5.41) is 0. The number of rotatable bonds is 3. The normalized spacial score (nSPS) is 15.6. The van der Waals surface area contributed by atoms with Gasteiger partial charge in [-0.3, -0.25) is 4.79 Å². The SMILES string of the molecule is CN1CCN(c2ccc(-c3cn4cccc(C(N)=O)c4n3)cc2)CC1. The summed E-state index contributed by atoms with van der Waals surface area (Å²) < 4.78 is 1.84. The van der Waals surface area contributed by atoms with E-state index in [0.29, 0.717) is 11.2 Å². The van der Waals surface area contributed by atoms with Gasteiger partial charge in [-0.15, -0.1) is 0 Å². The van der Waals surface area contributed by atoms with Crippen LogP contribution in [0, 0.1) is 0 Å². The van der Waals surface area contributed by atoms with Crippen LogP contribution in [0.25, 0.3) is 16.9 Å². The average Bonchev–Trinajstić information content (AvgIpc) is 3.06. The van der Waals surface area contributed by atoms with Gasteiger partial charge in [0.05, 0.1) is 11.3 Å². The predicted molar refractivity (Wildman–Crippen MR) is 98.9 cm³/mol. The highest BCUT2D eigenvalue weighted by Gasteiger charge is 2.15. The van der Waals surface area contributed by atoms with E-state index in [-0.39, 0.29) is 0 Å². The zero-order valence-corrected chi connectivity index (χ0v) is 14.2. The van der Waals surface area contributed by atoms with E-state index in [2.05, 4.69) is 46.1 Å². The van der Waals surface area contributed by atoms with Gasteiger partial charge >= 0.3 is 0 Å². The van der Waals surface area contributed by atoms with Crippen molar-refractivity contribution in [3.63, 3.8) is 0 Å². The van der Waals surface area contributed by atoms with Crippen molar-refractivity contribution in [2.45, 2.75) is 0 Å². The van der Waals surface area contributed by atoms with Crippen LogP contribution in [0.2, 0.25) is 0 Å². The molecule has 0 saturated carbocycles. The summed E-state index contributed by atoms with van der Waals surface area (Å²) in [6.45, 7) is 4.27. The van der Waals surface area contributed by atoms with E-state index < -0.39 is 5.91 Å². The number of aromatic nitrogens is 2. The number of likely N-dealkylation sites (N-methyl/N-ethyl adjacent to an activating group) is 1. The largest absolute Gasteiger partial charge is 0.369 e. The first-order chi connectivity index (χ1) is 12.1. The average molecular weight is 335 g/mol. The second kappa shape index (κ2) is 6.22. The molecule has 0 spiro atoms. The van der Waals surface area contributed by atoms with Gasteiger partial charge in [-0.25, -0.2) is 4.98 Å². The molecule has 1 amide bonds. The van der Waals surface area contributed by atoms with Gasteiger partial charge in [0.1, 0.15) is 5.65 Å². The number of imidazole rings is 1. The summed E-state index contributed by atoms with van der Waals surface area (Å²) in [5.74, 6) is -0.465. The molecule has 0 aliphatic carbocycles. The lowest BCUT2D eigenvalue weighted by Crippen LogP contribution is -2.44. The van der Waals surface area contributed by atoms with Crippen LogP contribution in [0.1, 0.15) is 10.4 Å². The smallest absolute Gasteiger partial charge is 0.252 e. The molecule has 1 aliphatic heterocycles. The van der Waals surface area contributed by atoms with Crippen molar-refractivity contribution in [2.24, 2.45) is 5.73 Å². The number of amides is 1. The Labute approximate surface area is 146 Å². The molecule has 25 heavy (non-hydrogen) atoms. The first-order valence-corrected chi connectivity index (χ1v) is 8.43. The Morgan fingerprint density at radius 3 is 2.48 bits per heavy atom. The van der Waals surface area contributed by atoms with Crippen LogP contribution >= 0.6 is 0 Å². The number of nitrogens with zero attached hydrogens (tertiary/aromatic N) is 4. The summed E-state index contributed by atoms with van der Waals surface area (Å²) in [5.41, 5.74) is 9.55. The predicted octanol–water partition coefficient (Wildman–Crippen LogP) is 1.85. The molecule has 1 fully saturated rings. The quantitative estimate of drug-likeness (QED) is 0.793. The maximum absolute atomic E-state index is 11.6. The van der Waals surface area contributed by atoms with Crippen LogP contribution in [0.15, 0.2) is 48.8 Å². The van der Waals surface area contributed by atoms with E-state index >= 15 is 0 Å². The van der Waals surface area contributed by atoms with Crippen molar-refractivity contribution in [2.75, 3.05) is 38.1 Å². The summed E-state index contributed by atoms with van der Waals surface area (Å²) in [6, 6.07) is 11.9. The number of nitrogens with two attached hydrogens (primary N) is 1. The summed E-state index contributed by atoms with van der Waals surface area (Å²) in [7, 11) is 2.16. The Morgan fingerprint density at radius 1 is 1.08 bits per heavy atom. The van der Waals surface area contributed by atoms with Crippen LogP contribution in [0.4, 0.5) is 5.69 Å². The van der Waals surface area contributed by atoms with Crippen LogP contribution in [0.3, 0.4) is 0 Å². The third kappa shape index (κ3) is 2.96. The Morgan fingerprint density at radius 2 is 1.80 bits per heavy atom. The molecule has 0 bridgehead atoms. The lowest BCUT2D eigenvalue weighted by molar-refractivity contribution is 0.100. The summed E-state index contributed by atoms with van der Waals surface area (Å²) >= 11 is 0. The Bertz CT molecular complexity index is 907. The van der Waals surface area contributed by atoms with Crippen molar-refractivity contribution in [3.8, 4) is 11.3 Å². The standard InChI is InChI=1S/C19H21N5O/c1-22-9-11-23(12-10-22)15-6-4-14(5-7-15)17-13-24-8-2-3-16(18(20)25)19(24)21-17/h2-8,13H,9-12H2,1H3,(H2,20,25). The van der Waals surface area contributed by atoms with Gasteiger partial charge in [0, 0.05) is 49.8 Å². The fraction of sp³-hybridized carbons (Fsp3) is 0.263. The number of anilines is 1. The van der Waals surface area contributed by atoms with E-state index in [0.717, 1.165) is 37.4 Å². The topological polar surface area (TPSA) is 66.9 Å². The first kappa shape index (κ1) is 15.7. The number of fused-ring (bicyclic) bond motifs is 1. The molecule has 3 aromatic rings. The maximum atomic E-state index is 11.6. The third-order valence-corrected chi connectivity index (χ3v) is 4.78. The number of carbonyl (C=O) groups is 1. The van der Waals surface area contributed by atoms with Gasteiger partial charge in [0.15, 0.2) is 0 Å². The molecule has 2 aromatic heterocycles. The summed E-state index contributed by atoms with van der Waals surface area (Å²) in [4.78, 5) is 20.9. The molecule has 2 N–H and O–H groups in total. The number of carbonyl (C=O) groups excluding carboxylic acids is 1. The van der Waals surface area contributed by atoms with Gasteiger partial charge < -0.3 is 19.9 Å². The minimum Gasteiger partial charge on any atom is -0.369 e. The van der Waals surface area contributed by atoms with Gasteiger partial charge in [-0.1, -0.05) is 12.1 Å². The van der Waals surface area contributed by atoms with Gasteiger partial charge in [-0.05, 0) is 31.3 Å². The van der Waals surface area contributed by atoms with Crippen LogP contribution in [-0.2, 0) is 0 Å². The highest BCUT2D eigenvalue weighted by Crippen LogP contribution is 2.24. The number of hydrogen-bond acceptors (Lipinski definition) is 4. The number of primary amides is 1. The molecule has 0 unspecified atom stereocenters. The number of piperazine rings is 1. The second-order valence-corrected chi connectivity index (χ2v) is 6.48. The lowest BCUT2D eigenvalue weighted by atomic mass is 10.1. The van der Waals surface area contributed by atoms with Crippen molar-refractivity contribution < 1.29 is 4.79 Å². The zero-order valence-electron chi connectivity index (χ0n) is 14.2. The van der Waals surface area contributed by atoms with E-state index in [9.17, 15) is 4.79 Å². The highest BCUT2D eigenvalue weighted by atomic mass is 16.1. The van der Waals surface area contributed by atoms with Gasteiger partial charge in [-0.2, -0.15) is 0 Å². The molecular weight excluding hydrogens is 314 g/mol. The molecule has 1 aliphatic rings. The Balaban J connectivity index is 1.63. The molecule has 6 nitrogen and oxygen atoms in total. The highest BCUT2D eigenvalue weighted by molar-refractivity contribution is 5.98. The first-order valence-electron chi connectivity index (χ1n) is 8.43. The van der Waals surface area contributed by atoms with Crippen LogP contribution in [-0.4, -0.2) is 53.4 Å². The molecule has 6 heteroatoms. The minimum atomic E-state index is -0.465. The fourth-order valence-corrected chi connectivity index (χ4v) is 3.25. The van der Waals surface area contributed by atoms with Crippen molar-refractivity contribution in [3.05, 3.63) is 54.4 Å². The van der Waals surface area contributed by atoms with E-state index in [4.69, 9.17) is 5.73 Å². The third-order valence-electron chi connectivity index (χ3n) is 4.78.